The highest BCUT2D eigenvalue weighted by Gasteiger charge is 2.14. The molecular formula is C7H13N3O3. The molecule has 0 aromatic carbocycles. The summed E-state index contributed by atoms with van der Waals surface area (Å²) >= 11 is 0. The number of hydrogen-bond acceptors (Lipinski definition) is 4. The van der Waals surface area contributed by atoms with Crippen molar-refractivity contribution < 1.29 is 14.3 Å². The Kier molecular flexibility index (Phi) is 5.29. The first-order chi connectivity index (χ1) is 6.11. The number of alkyl carbamates (subject to hydrolysis) is 1. The largest absolute Gasteiger partial charge is 0.445 e. The van der Waals surface area contributed by atoms with Gasteiger partial charge in [-0.1, -0.05) is 12.7 Å². The van der Waals surface area contributed by atoms with Gasteiger partial charge in [0.1, 0.15) is 12.6 Å². The van der Waals surface area contributed by atoms with Gasteiger partial charge in [-0.25, -0.2) is 10.6 Å². The van der Waals surface area contributed by atoms with Crippen LogP contribution in [0, 0.1) is 0 Å². The van der Waals surface area contributed by atoms with Crippen LogP contribution < -0.4 is 16.6 Å². The number of nitrogens with two attached hydrogens (primary N) is 1. The Balaban J connectivity index is 3.77. The minimum Gasteiger partial charge on any atom is -0.445 e. The fourth-order valence-electron chi connectivity index (χ4n) is 0.544. The fourth-order valence-corrected chi connectivity index (χ4v) is 0.544. The number of carbonyl (C=O) groups is 2. The third kappa shape index (κ3) is 4.81. The van der Waals surface area contributed by atoms with Crippen LogP contribution in [0.4, 0.5) is 4.79 Å². The molecule has 0 saturated carbocycles. The molecule has 0 bridgehead atoms. The topological polar surface area (TPSA) is 93.4 Å². The molecule has 0 aliphatic heterocycles. The van der Waals surface area contributed by atoms with Gasteiger partial charge in [0.25, 0.3) is 5.91 Å². The van der Waals surface area contributed by atoms with Gasteiger partial charge in [0.2, 0.25) is 0 Å². The molecule has 74 valence electrons. The summed E-state index contributed by atoms with van der Waals surface area (Å²) in [5.74, 6) is 4.35. The maximum Gasteiger partial charge on any atom is 0.408 e. The fraction of sp³-hybridized carbons (Fsp3) is 0.429. The average molecular weight is 187 g/mol. The summed E-state index contributed by atoms with van der Waals surface area (Å²) in [6.45, 7) is 4.94. The summed E-state index contributed by atoms with van der Waals surface area (Å²) in [4.78, 5) is 21.6. The van der Waals surface area contributed by atoms with Crippen LogP contribution >= 0.6 is 0 Å². The molecule has 0 saturated heterocycles. The summed E-state index contributed by atoms with van der Waals surface area (Å²) in [6.07, 6.45) is 0.740. The molecule has 0 rings (SSSR count). The highest BCUT2D eigenvalue weighted by atomic mass is 16.5. The molecule has 2 amide bonds. The maximum atomic E-state index is 10.8. The highest BCUT2D eigenvalue weighted by Crippen LogP contribution is 1.84. The van der Waals surface area contributed by atoms with E-state index in [9.17, 15) is 9.59 Å². The predicted molar refractivity (Wildman–Crippen MR) is 46.5 cm³/mol. The van der Waals surface area contributed by atoms with Crippen LogP contribution in [-0.2, 0) is 9.53 Å². The molecule has 0 aromatic heterocycles. The Labute approximate surface area is 76.1 Å². The number of nitrogens with one attached hydrogen (secondary N) is 2. The lowest BCUT2D eigenvalue weighted by Gasteiger charge is -2.11. The van der Waals surface area contributed by atoms with Crippen LogP contribution in [0.5, 0.6) is 0 Å². The lowest BCUT2D eigenvalue weighted by molar-refractivity contribution is -0.122. The van der Waals surface area contributed by atoms with Crippen molar-refractivity contribution in [2.75, 3.05) is 6.61 Å². The van der Waals surface area contributed by atoms with Crippen LogP contribution in [0.25, 0.3) is 0 Å². The summed E-state index contributed by atoms with van der Waals surface area (Å²) in [5, 5.41) is 2.26. The van der Waals surface area contributed by atoms with Crippen molar-refractivity contribution in [2.45, 2.75) is 13.0 Å². The lowest BCUT2D eigenvalue weighted by Crippen LogP contribution is -2.47. The molecule has 0 fully saturated rings. The molecule has 0 radical (unpaired) electrons. The Hall–Kier alpha value is -1.56. The Morgan fingerprint density at radius 1 is 1.69 bits per heavy atom. The zero-order valence-electron chi connectivity index (χ0n) is 7.37. The van der Waals surface area contributed by atoms with Gasteiger partial charge in [-0.15, -0.1) is 0 Å². The van der Waals surface area contributed by atoms with E-state index in [-0.39, 0.29) is 6.61 Å². The van der Waals surface area contributed by atoms with Crippen LogP contribution in [0.1, 0.15) is 6.92 Å². The van der Waals surface area contributed by atoms with E-state index in [0.717, 1.165) is 0 Å². The van der Waals surface area contributed by atoms with E-state index >= 15 is 0 Å². The first kappa shape index (κ1) is 11.4. The Morgan fingerprint density at radius 2 is 2.31 bits per heavy atom. The summed E-state index contributed by atoms with van der Waals surface area (Å²) in [6, 6.07) is -0.720. The zero-order chi connectivity index (χ0) is 10.3. The van der Waals surface area contributed by atoms with Crippen molar-refractivity contribution >= 4 is 12.0 Å². The van der Waals surface area contributed by atoms with E-state index in [1.165, 1.54) is 13.0 Å². The zero-order valence-corrected chi connectivity index (χ0v) is 7.37. The molecule has 0 aliphatic rings. The molecule has 6 nitrogen and oxygen atoms in total. The third-order valence-electron chi connectivity index (χ3n) is 1.20. The van der Waals surface area contributed by atoms with Crippen LogP contribution in [-0.4, -0.2) is 24.6 Å². The van der Waals surface area contributed by atoms with E-state index < -0.39 is 18.0 Å². The van der Waals surface area contributed by atoms with Crippen LogP contribution in [0.2, 0.25) is 0 Å². The van der Waals surface area contributed by atoms with Crippen molar-refractivity contribution in [3.05, 3.63) is 12.7 Å². The third-order valence-corrected chi connectivity index (χ3v) is 1.20. The van der Waals surface area contributed by atoms with Crippen LogP contribution in [0.15, 0.2) is 12.7 Å². The second-order valence-electron chi connectivity index (χ2n) is 2.26. The first-order valence-electron chi connectivity index (χ1n) is 3.66. The number of carbonyl (C=O) groups excluding carboxylic acids is 2. The van der Waals surface area contributed by atoms with Gasteiger partial charge in [-0.2, -0.15) is 0 Å². The minimum atomic E-state index is -0.720. The van der Waals surface area contributed by atoms with Gasteiger partial charge in [0.15, 0.2) is 0 Å². The van der Waals surface area contributed by atoms with Gasteiger partial charge >= 0.3 is 6.09 Å². The maximum absolute atomic E-state index is 10.8. The highest BCUT2D eigenvalue weighted by molar-refractivity contribution is 5.84. The first-order valence-corrected chi connectivity index (χ1v) is 3.66. The van der Waals surface area contributed by atoms with Crippen molar-refractivity contribution in [1.29, 1.82) is 0 Å². The molecule has 6 heteroatoms. The standard InChI is InChI=1S/C7H13N3O3/c1-3-4-13-7(12)9-5(2)6(11)10-8/h3,5H,1,4,8H2,2H3,(H,9,12)(H,10,11). The second kappa shape index (κ2) is 6.01. The quantitative estimate of drug-likeness (QED) is 0.234. The molecule has 0 aromatic rings. The minimum absolute atomic E-state index is 0.1000. The molecule has 0 aliphatic carbocycles. The molecular weight excluding hydrogens is 174 g/mol. The molecule has 0 spiro atoms. The average Bonchev–Trinajstić information content (AvgIpc) is 2.13. The number of ether oxygens (including phenoxy) is 1. The van der Waals surface area contributed by atoms with Crippen molar-refractivity contribution in [2.24, 2.45) is 5.84 Å². The Bertz CT molecular complexity index is 205. The number of amides is 2. The van der Waals surface area contributed by atoms with E-state index in [1.54, 1.807) is 0 Å². The van der Waals surface area contributed by atoms with Gasteiger partial charge in [0, 0.05) is 0 Å². The van der Waals surface area contributed by atoms with Gasteiger partial charge in [0.05, 0.1) is 0 Å². The molecule has 13 heavy (non-hydrogen) atoms. The molecule has 1 unspecified atom stereocenters. The van der Waals surface area contributed by atoms with E-state index in [2.05, 4.69) is 16.6 Å². The van der Waals surface area contributed by atoms with Gasteiger partial charge < -0.3 is 10.1 Å². The molecule has 1 atom stereocenters. The monoisotopic (exact) mass is 187 g/mol. The predicted octanol–water partition coefficient (Wildman–Crippen LogP) is -0.723. The number of hydrogen-bond donors (Lipinski definition) is 3. The van der Waals surface area contributed by atoms with E-state index in [0.29, 0.717) is 0 Å². The summed E-state index contributed by atoms with van der Waals surface area (Å²) in [5.41, 5.74) is 1.90. The smallest absolute Gasteiger partial charge is 0.408 e. The molecule has 4 N–H and O–H groups in total. The van der Waals surface area contributed by atoms with E-state index in [4.69, 9.17) is 5.84 Å². The lowest BCUT2D eigenvalue weighted by atomic mass is 10.3. The second-order valence-corrected chi connectivity index (χ2v) is 2.26. The van der Waals surface area contributed by atoms with E-state index in [1.807, 2.05) is 5.43 Å². The summed E-state index contributed by atoms with van der Waals surface area (Å²) in [7, 11) is 0. The van der Waals surface area contributed by atoms with Gasteiger partial charge in [-0.05, 0) is 6.92 Å². The molecule has 0 heterocycles. The van der Waals surface area contributed by atoms with Crippen molar-refractivity contribution in [3.8, 4) is 0 Å². The number of hydrazine groups is 1. The Morgan fingerprint density at radius 3 is 2.77 bits per heavy atom. The van der Waals surface area contributed by atoms with Gasteiger partial charge in [-0.3, -0.25) is 10.2 Å². The van der Waals surface area contributed by atoms with Crippen LogP contribution in [0.3, 0.4) is 0 Å². The normalized spacial score (nSPS) is 11.2. The SMILES string of the molecule is C=CCOC(=O)NC(C)C(=O)NN. The summed E-state index contributed by atoms with van der Waals surface area (Å²) < 4.78 is 4.57. The van der Waals surface area contributed by atoms with Crippen molar-refractivity contribution in [1.82, 2.24) is 10.7 Å². The number of rotatable bonds is 4. The van der Waals surface area contributed by atoms with Crippen molar-refractivity contribution in [3.63, 3.8) is 0 Å².